The fourth-order valence-electron chi connectivity index (χ4n) is 4.24. The van der Waals surface area contributed by atoms with Gasteiger partial charge in [-0.2, -0.15) is 5.26 Å². The van der Waals surface area contributed by atoms with Crippen molar-refractivity contribution in [3.63, 3.8) is 0 Å². The molecule has 176 valence electrons. The Morgan fingerprint density at radius 2 is 1.91 bits per heavy atom. The summed E-state index contributed by atoms with van der Waals surface area (Å²) in [5.74, 6) is -2.57. The number of piperazine rings is 1. The van der Waals surface area contributed by atoms with Crippen molar-refractivity contribution in [1.82, 2.24) is 14.9 Å². The summed E-state index contributed by atoms with van der Waals surface area (Å²) in [5.41, 5.74) is 6.36. The van der Waals surface area contributed by atoms with E-state index in [9.17, 15) is 14.9 Å². The number of methoxy groups -OCH3 is 2. The molecule has 2 atom stereocenters. The SMILES string of the molecule is CO/C(N)=C1/C(=O)Oc2c(OC)cccc2C1C(C#N)C(=O)N1CCN(c2ncccn2)CC1. The first kappa shape index (κ1) is 22.8. The molecule has 34 heavy (non-hydrogen) atoms. The third-order valence-electron chi connectivity index (χ3n) is 5.94. The quantitative estimate of drug-likeness (QED) is 0.292. The number of amides is 1. The number of hydrogen-bond acceptors (Lipinski definition) is 10. The van der Waals surface area contributed by atoms with Crippen LogP contribution in [-0.2, 0) is 14.3 Å². The second-order valence-electron chi connectivity index (χ2n) is 7.70. The van der Waals surface area contributed by atoms with Gasteiger partial charge in [0.15, 0.2) is 17.4 Å². The Balaban J connectivity index is 1.66. The van der Waals surface area contributed by atoms with Crippen LogP contribution in [0, 0.1) is 17.2 Å². The summed E-state index contributed by atoms with van der Waals surface area (Å²) in [4.78, 5) is 38.5. The number of nitrogens with two attached hydrogens (primary N) is 1. The minimum absolute atomic E-state index is 0.0699. The van der Waals surface area contributed by atoms with Crippen molar-refractivity contribution in [1.29, 1.82) is 5.26 Å². The largest absolute Gasteiger partial charge is 0.493 e. The Morgan fingerprint density at radius 3 is 2.53 bits per heavy atom. The predicted octanol–water partition coefficient (Wildman–Crippen LogP) is 0.793. The molecule has 1 amide bonds. The average Bonchev–Trinajstić information content (AvgIpc) is 2.88. The first-order chi connectivity index (χ1) is 16.5. The number of hydrogen-bond donors (Lipinski definition) is 1. The zero-order valence-corrected chi connectivity index (χ0v) is 18.8. The number of nitriles is 1. The van der Waals surface area contributed by atoms with Gasteiger partial charge in [-0.25, -0.2) is 14.8 Å². The summed E-state index contributed by atoms with van der Waals surface area (Å²) < 4.78 is 15.9. The lowest BCUT2D eigenvalue weighted by Crippen LogP contribution is -2.51. The van der Waals surface area contributed by atoms with Crippen LogP contribution < -0.4 is 20.1 Å². The van der Waals surface area contributed by atoms with Gasteiger partial charge in [0.1, 0.15) is 11.5 Å². The van der Waals surface area contributed by atoms with Crippen LogP contribution in [0.2, 0.25) is 0 Å². The monoisotopic (exact) mass is 464 g/mol. The molecule has 1 aromatic carbocycles. The molecule has 1 saturated heterocycles. The van der Waals surface area contributed by atoms with Crippen molar-refractivity contribution in [2.24, 2.45) is 11.7 Å². The molecule has 1 aromatic heterocycles. The summed E-state index contributed by atoms with van der Waals surface area (Å²) in [5, 5.41) is 10.1. The van der Waals surface area contributed by atoms with Crippen molar-refractivity contribution < 1.29 is 23.8 Å². The summed E-state index contributed by atoms with van der Waals surface area (Å²) >= 11 is 0. The van der Waals surface area contributed by atoms with Crippen molar-refractivity contribution in [3.8, 4) is 17.6 Å². The molecule has 4 rings (SSSR count). The van der Waals surface area contributed by atoms with E-state index in [1.165, 1.54) is 14.2 Å². The van der Waals surface area contributed by atoms with Crippen LogP contribution in [0.25, 0.3) is 0 Å². The average molecular weight is 464 g/mol. The summed E-state index contributed by atoms with van der Waals surface area (Å²) in [6.07, 6.45) is 3.32. The van der Waals surface area contributed by atoms with E-state index >= 15 is 0 Å². The van der Waals surface area contributed by atoms with Gasteiger partial charge in [-0.15, -0.1) is 0 Å². The smallest absolute Gasteiger partial charge is 0.345 e. The molecule has 0 saturated carbocycles. The number of anilines is 1. The number of benzene rings is 1. The van der Waals surface area contributed by atoms with Gasteiger partial charge < -0.3 is 29.7 Å². The Kier molecular flexibility index (Phi) is 6.49. The molecular formula is C23H24N6O5. The van der Waals surface area contributed by atoms with Gasteiger partial charge in [0, 0.05) is 44.1 Å². The molecule has 2 unspecified atom stereocenters. The Morgan fingerprint density at radius 1 is 1.21 bits per heavy atom. The highest BCUT2D eigenvalue weighted by molar-refractivity contribution is 5.97. The van der Waals surface area contributed by atoms with Crippen LogP contribution in [0.3, 0.4) is 0 Å². The van der Waals surface area contributed by atoms with Crippen LogP contribution in [0.5, 0.6) is 11.5 Å². The summed E-state index contributed by atoms with van der Waals surface area (Å²) in [6, 6.07) is 8.84. The van der Waals surface area contributed by atoms with Crippen molar-refractivity contribution >= 4 is 17.8 Å². The van der Waals surface area contributed by atoms with Gasteiger partial charge in [0.2, 0.25) is 11.9 Å². The van der Waals surface area contributed by atoms with E-state index in [1.54, 1.807) is 41.6 Å². The highest BCUT2D eigenvalue weighted by Gasteiger charge is 2.45. The van der Waals surface area contributed by atoms with E-state index in [1.807, 2.05) is 4.90 Å². The number of aromatic nitrogens is 2. The van der Waals surface area contributed by atoms with E-state index in [2.05, 4.69) is 16.0 Å². The minimum atomic E-state index is -1.23. The molecule has 2 N–H and O–H groups in total. The van der Waals surface area contributed by atoms with Crippen LogP contribution in [0.15, 0.2) is 48.1 Å². The Hall–Kier alpha value is -4.33. The van der Waals surface area contributed by atoms with Crippen molar-refractivity contribution in [2.75, 3.05) is 45.3 Å². The molecule has 2 aliphatic heterocycles. The third-order valence-corrected chi connectivity index (χ3v) is 5.94. The number of ether oxygens (including phenoxy) is 3. The maximum Gasteiger partial charge on any atom is 0.345 e. The highest BCUT2D eigenvalue weighted by Crippen LogP contribution is 2.47. The normalized spacial score (nSPS) is 19.9. The number of fused-ring (bicyclic) bond motifs is 1. The van der Waals surface area contributed by atoms with Crippen LogP contribution in [-0.4, -0.2) is 67.1 Å². The lowest BCUT2D eigenvalue weighted by atomic mass is 9.78. The molecule has 2 aromatic rings. The Labute approximate surface area is 196 Å². The third kappa shape index (κ3) is 4.05. The zero-order chi connectivity index (χ0) is 24.2. The van der Waals surface area contributed by atoms with Crippen molar-refractivity contribution in [2.45, 2.75) is 5.92 Å². The summed E-state index contributed by atoms with van der Waals surface area (Å²) in [7, 11) is 2.75. The zero-order valence-electron chi connectivity index (χ0n) is 18.8. The van der Waals surface area contributed by atoms with E-state index in [4.69, 9.17) is 19.9 Å². The molecule has 0 spiro atoms. The standard InChI is InChI=1S/C23H24N6O5/c1-32-16-6-3-5-14-17(18(20(25)33-2)22(31)34-19(14)16)15(13-24)21(30)28-9-11-29(12-10-28)23-26-7-4-8-27-23/h3-8,15,17H,9-12,25H2,1-2H3/b20-18+. The number of esters is 1. The maximum absolute atomic E-state index is 13.6. The van der Waals surface area contributed by atoms with Gasteiger partial charge in [-0.05, 0) is 12.1 Å². The van der Waals surface area contributed by atoms with Gasteiger partial charge >= 0.3 is 5.97 Å². The maximum atomic E-state index is 13.6. The van der Waals surface area contributed by atoms with Gasteiger partial charge in [0.05, 0.1) is 26.2 Å². The lowest BCUT2D eigenvalue weighted by molar-refractivity contribution is -0.135. The molecule has 0 bridgehead atoms. The number of nitrogens with zero attached hydrogens (tertiary/aromatic N) is 5. The molecule has 11 nitrogen and oxygen atoms in total. The predicted molar refractivity (Wildman–Crippen MR) is 120 cm³/mol. The molecule has 2 aliphatic rings. The van der Waals surface area contributed by atoms with Gasteiger partial charge in [0.25, 0.3) is 0 Å². The molecule has 0 aliphatic carbocycles. The van der Waals surface area contributed by atoms with E-state index in [-0.39, 0.29) is 17.2 Å². The van der Waals surface area contributed by atoms with E-state index in [0.29, 0.717) is 43.4 Å². The Bertz CT molecular complexity index is 1150. The number of carbonyl (C=O) groups is 2. The van der Waals surface area contributed by atoms with Crippen molar-refractivity contribution in [3.05, 3.63) is 53.7 Å². The molecular weight excluding hydrogens is 440 g/mol. The van der Waals surface area contributed by atoms with Crippen LogP contribution >= 0.6 is 0 Å². The number of carbonyl (C=O) groups excluding carboxylic acids is 2. The fraction of sp³-hybridized carbons (Fsp3) is 0.348. The first-order valence-electron chi connectivity index (χ1n) is 10.6. The molecule has 3 heterocycles. The second kappa shape index (κ2) is 9.66. The van der Waals surface area contributed by atoms with Crippen LogP contribution in [0.1, 0.15) is 11.5 Å². The number of rotatable bonds is 5. The topological polar surface area (TPSA) is 144 Å². The molecule has 1 fully saturated rings. The fourth-order valence-corrected chi connectivity index (χ4v) is 4.24. The second-order valence-corrected chi connectivity index (χ2v) is 7.70. The van der Waals surface area contributed by atoms with E-state index < -0.39 is 23.7 Å². The number of para-hydroxylation sites is 1. The first-order valence-corrected chi connectivity index (χ1v) is 10.6. The highest BCUT2D eigenvalue weighted by atomic mass is 16.6. The summed E-state index contributed by atoms with van der Waals surface area (Å²) in [6.45, 7) is 1.76. The van der Waals surface area contributed by atoms with Gasteiger partial charge in [-0.3, -0.25) is 4.79 Å². The minimum Gasteiger partial charge on any atom is -0.493 e. The van der Waals surface area contributed by atoms with Gasteiger partial charge in [-0.1, -0.05) is 12.1 Å². The van der Waals surface area contributed by atoms with Crippen LogP contribution in [0.4, 0.5) is 5.95 Å². The van der Waals surface area contributed by atoms with E-state index in [0.717, 1.165) is 0 Å². The lowest BCUT2D eigenvalue weighted by Gasteiger charge is -2.37. The molecule has 0 radical (unpaired) electrons. The molecule has 11 heteroatoms.